The van der Waals surface area contributed by atoms with Crippen molar-refractivity contribution in [3.05, 3.63) is 65.1 Å². The van der Waals surface area contributed by atoms with Crippen molar-refractivity contribution in [2.75, 3.05) is 18.4 Å². The lowest BCUT2D eigenvalue weighted by Gasteiger charge is -2.10. The lowest BCUT2D eigenvalue weighted by atomic mass is 9.95. The summed E-state index contributed by atoms with van der Waals surface area (Å²) >= 11 is 0. The number of fused-ring (bicyclic) bond motifs is 1. The van der Waals surface area contributed by atoms with E-state index in [2.05, 4.69) is 51.6 Å². The highest BCUT2D eigenvalue weighted by molar-refractivity contribution is 6.04. The maximum atomic E-state index is 12.9. The average Bonchev–Trinajstić information content (AvgIpc) is 3.53. The first kappa shape index (κ1) is 22.3. The Hall–Kier alpha value is -3.45. The van der Waals surface area contributed by atoms with Gasteiger partial charge in [0.05, 0.1) is 5.69 Å². The van der Waals surface area contributed by atoms with Crippen molar-refractivity contribution >= 4 is 22.5 Å². The number of nitrogens with one attached hydrogen (secondary N) is 3. The minimum absolute atomic E-state index is 0.263. The minimum atomic E-state index is -0.263. The summed E-state index contributed by atoms with van der Waals surface area (Å²) in [6.07, 6.45) is 3.32. The molecule has 1 saturated heterocycles. The van der Waals surface area contributed by atoms with Crippen molar-refractivity contribution in [1.29, 1.82) is 0 Å². The summed E-state index contributed by atoms with van der Waals surface area (Å²) in [5.74, 6) is 1.17. The molecule has 1 amide bonds. The summed E-state index contributed by atoms with van der Waals surface area (Å²) in [5, 5.41) is 7.44. The number of H-pyrrole nitrogens is 1. The third-order valence-corrected chi connectivity index (χ3v) is 6.45. The van der Waals surface area contributed by atoms with Crippen molar-refractivity contribution in [1.82, 2.24) is 20.3 Å². The standard InChI is InChI=1S/C27H31N5O2/c1-15(2)25-21-12-20(5-6-22(21)32-26(25)19-9-16(3)29-17(4)10-19)30-27(33)23-14-34-24(31-23)11-18-7-8-28-13-18/h5-6,9-10,12,14-15,18,28,32H,7-8,11,13H2,1-4H3,(H,30,33). The number of anilines is 1. The Morgan fingerprint density at radius 1 is 1.18 bits per heavy atom. The van der Waals surface area contributed by atoms with Crippen LogP contribution < -0.4 is 10.6 Å². The first-order valence-electron chi connectivity index (χ1n) is 11.9. The minimum Gasteiger partial charge on any atom is -0.448 e. The second-order valence-electron chi connectivity index (χ2n) is 9.61. The van der Waals surface area contributed by atoms with Crippen LogP contribution in [0.25, 0.3) is 22.2 Å². The van der Waals surface area contributed by atoms with Crippen LogP contribution in [0, 0.1) is 19.8 Å². The van der Waals surface area contributed by atoms with Gasteiger partial charge in [-0.05, 0) is 81.1 Å². The second kappa shape index (κ2) is 9.06. The van der Waals surface area contributed by atoms with E-state index in [-0.39, 0.29) is 5.91 Å². The molecule has 1 unspecified atom stereocenters. The van der Waals surface area contributed by atoms with Gasteiger partial charge in [-0.25, -0.2) is 4.98 Å². The Morgan fingerprint density at radius 2 is 1.97 bits per heavy atom. The van der Waals surface area contributed by atoms with E-state index in [1.165, 1.54) is 11.8 Å². The van der Waals surface area contributed by atoms with Crippen LogP contribution in [0.5, 0.6) is 0 Å². The van der Waals surface area contributed by atoms with Crippen LogP contribution in [0.2, 0.25) is 0 Å². The summed E-state index contributed by atoms with van der Waals surface area (Å²) in [6, 6.07) is 10.2. The number of hydrogen-bond donors (Lipinski definition) is 3. The molecule has 1 fully saturated rings. The van der Waals surface area contributed by atoms with Gasteiger partial charge in [0.25, 0.3) is 5.91 Å². The Kier molecular flexibility index (Phi) is 5.96. The number of carbonyl (C=O) groups is 1. The number of oxazole rings is 1. The number of aromatic amines is 1. The molecule has 4 heterocycles. The van der Waals surface area contributed by atoms with Gasteiger partial charge in [0.1, 0.15) is 6.26 Å². The smallest absolute Gasteiger partial charge is 0.277 e. The normalized spacial score (nSPS) is 16.0. The summed E-state index contributed by atoms with van der Waals surface area (Å²) in [5.41, 5.74) is 7.52. The van der Waals surface area contributed by atoms with Gasteiger partial charge in [-0.2, -0.15) is 0 Å². The molecular weight excluding hydrogens is 426 g/mol. The van der Waals surface area contributed by atoms with Crippen molar-refractivity contribution < 1.29 is 9.21 Å². The number of pyridine rings is 1. The molecule has 0 aliphatic carbocycles. The van der Waals surface area contributed by atoms with Crippen LogP contribution in [0.1, 0.15) is 59.5 Å². The number of nitrogens with zero attached hydrogens (tertiary/aromatic N) is 2. The van der Waals surface area contributed by atoms with Crippen LogP contribution in [-0.2, 0) is 6.42 Å². The van der Waals surface area contributed by atoms with E-state index in [9.17, 15) is 4.79 Å². The van der Waals surface area contributed by atoms with E-state index in [1.807, 2.05) is 32.0 Å². The maximum absolute atomic E-state index is 12.9. The fraction of sp³-hybridized carbons (Fsp3) is 0.370. The number of aromatic nitrogens is 3. The highest BCUT2D eigenvalue weighted by atomic mass is 16.3. The van der Waals surface area contributed by atoms with Gasteiger partial charge in [-0.1, -0.05) is 13.8 Å². The van der Waals surface area contributed by atoms with E-state index in [0.717, 1.165) is 65.2 Å². The number of amides is 1. The third-order valence-electron chi connectivity index (χ3n) is 6.45. The van der Waals surface area contributed by atoms with E-state index in [4.69, 9.17) is 4.42 Å². The number of benzene rings is 1. The van der Waals surface area contributed by atoms with Crippen molar-refractivity contribution in [3.63, 3.8) is 0 Å². The first-order valence-corrected chi connectivity index (χ1v) is 11.9. The molecule has 5 rings (SSSR count). The molecule has 0 radical (unpaired) electrons. The lowest BCUT2D eigenvalue weighted by molar-refractivity contribution is 0.102. The largest absolute Gasteiger partial charge is 0.448 e. The van der Waals surface area contributed by atoms with Gasteiger partial charge >= 0.3 is 0 Å². The number of rotatable bonds is 6. The predicted octanol–water partition coefficient (Wildman–Crippen LogP) is 5.36. The molecule has 1 aliphatic rings. The molecule has 0 spiro atoms. The Bertz CT molecular complexity index is 1320. The highest BCUT2D eigenvalue weighted by Crippen LogP contribution is 2.37. The fourth-order valence-electron chi connectivity index (χ4n) is 4.94. The van der Waals surface area contributed by atoms with Crippen LogP contribution in [-0.4, -0.2) is 33.9 Å². The zero-order chi connectivity index (χ0) is 23.8. The second-order valence-corrected chi connectivity index (χ2v) is 9.61. The molecule has 1 atom stereocenters. The van der Waals surface area contributed by atoms with E-state index < -0.39 is 0 Å². The Morgan fingerprint density at radius 3 is 2.68 bits per heavy atom. The number of carbonyl (C=O) groups excluding carboxylic acids is 1. The maximum Gasteiger partial charge on any atom is 0.277 e. The Labute approximate surface area is 199 Å². The monoisotopic (exact) mass is 457 g/mol. The van der Waals surface area contributed by atoms with Crippen LogP contribution in [0.15, 0.2) is 41.0 Å². The third kappa shape index (κ3) is 4.48. The van der Waals surface area contributed by atoms with Crippen molar-refractivity contribution in [3.8, 4) is 11.3 Å². The van der Waals surface area contributed by atoms with Crippen LogP contribution in [0.3, 0.4) is 0 Å². The van der Waals surface area contributed by atoms with E-state index in [0.29, 0.717) is 23.4 Å². The highest BCUT2D eigenvalue weighted by Gasteiger charge is 2.21. The number of aryl methyl sites for hydroxylation is 2. The molecule has 7 heteroatoms. The molecule has 0 saturated carbocycles. The van der Waals surface area contributed by atoms with Gasteiger partial charge in [-0.3, -0.25) is 9.78 Å². The van der Waals surface area contributed by atoms with Crippen LogP contribution >= 0.6 is 0 Å². The van der Waals surface area contributed by atoms with Gasteiger partial charge in [0, 0.05) is 40.0 Å². The lowest BCUT2D eigenvalue weighted by Crippen LogP contribution is -2.13. The van der Waals surface area contributed by atoms with Gasteiger partial charge < -0.3 is 20.0 Å². The summed E-state index contributed by atoms with van der Waals surface area (Å²) in [4.78, 5) is 25.4. The summed E-state index contributed by atoms with van der Waals surface area (Å²) < 4.78 is 5.57. The molecule has 0 bridgehead atoms. The summed E-state index contributed by atoms with van der Waals surface area (Å²) in [6.45, 7) is 10.4. The van der Waals surface area contributed by atoms with E-state index in [1.54, 1.807) is 0 Å². The van der Waals surface area contributed by atoms with Gasteiger partial charge in [-0.15, -0.1) is 0 Å². The quantitative estimate of drug-likeness (QED) is 0.362. The molecule has 34 heavy (non-hydrogen) atoms. The average molecular weight is 458 g/mol. The molecule has 7 nitrogen and oxygen atoms in total. The van der Waals surface area contributed by atoms with E-state index >= 15 is 0 Å². The molecule has 3 aromatic heterocycles. The SMILES string of the molecule is Cc1cc(-c2[nH]c3ccc(NC(=O)c4coc(CC5CCNC5)n4)cc3c2C(C)C)cc(C)n1. The predicted molar refractivity (Wildman–Crippen MR) is 134 cm³/mol. The molecule has 3 N–H and O–H groups in total. The zero-order valence-corrected chi connectivity index (χ0v) is 20.2. The fourth-order valence-corrected chi connectivity index (χ4v) is 4.94. The number of hydrogen-bond acceptors (Lipinski definition) is 5. The summed E-state index contributed by atoms with van der Waals surface area (Å²) in [7, 11) is 0. The Balaban J connectivity index is 1.42. The molecule has 4 aromatic rings. The first-order chi connectivity index (χ1) is 16.4. The van der Waals surface area contributed by atoms with Gasteiger partial charge in [0.15, 0.2) is 11.6 Å². The van der Waals surface area contributed by atoms with Crippen molar-refractivity contribution in [2.24, 2.45) is 5.92 Å². The topological polar surface area (TPSA) is 95.8 Å². The molecular formula is C27H31N5O2. The van der Waals surface area contributed by atoms with Crippen LogP contribution in [0.4, 0.5) is 5.69 Å². The molecule has 176 valence electrons. The van der Waals surface area contributed by atoms with Gasteiger partial charge in [0.2, 0.25) is 0 Å². The van der Waals surface area contributed by atoms with Crippen molar-refractivity contribution in [2.45, 2.75) is 46.5 Å². The zero-order valence-electron chi connectivity index (χ0n) is 20.2. The molecule has 1 aliphatic heterocycles. The molecule has 1 aromatic carbocycles.